The minimum atomic E-state index is -0.256. The average molecular weight is 304 g/mol. The summed E-state index contributed by atoms with van der Waals surface area (Å²) in [6, 6.07) is 8.90. The number of hydrogen-bond acceptors (Lipinski definition) is 3. The van der Waals surface area contributed by atoms with E-state index in [-0.39, 0.29) is 18.1 Å². The van der Waals surface area contributed by atoms with Crippen molar-refractivity contribution in [1.29, 1.82) is 0 Å². The lowest BCUT2D eigenvalue weighted by Gasteiger charge is -2.20. The highest BCUT2D eigenvalue weighted by molar-refractivity contribution is 5.80. The number of nitrogens with zero attached hydrogens (tertiary/aromatic N) is 1. The Morgan fingerprint density at radius 1 is 1.36 bits per heavy atom. The molecule has 4 heteroatoms. The predicted octanol–water partition coefficient (Wildman–Crippen LogP) is 2.15. The van der Waals surface area contributed by atoms with Crippen molar-refractivity contribution < 1.29 is 9.53 Å². The van der Waals surface area contributed by atoms with E-state index in [0.29, 0.717) is 6.04 Å². The molecule has 0 aliphatic carbocycles. The minimum Gasteiger partial charge on any atom is -0.364 e. The van der Waals surface area contributed by atoms with Gasteiger partial charge in [-0.25, -0.2) is 0 Å². The zero-order valence-electron chi connectivity index (χ0n) is 14.1. The Hall–Kier alpha value is -1.39. The summed E-state index contributed by atoms with van der Waals surface area (Å²) in [6.07, 6.45) is 2.69. The summed E-state index contributed by atoms with van der Waals surface area (Å²) >= 11 is 0. The van der Waals surface area contributed by atoms with Gasteiger partial charge < -0.3 is 15.0 Å². The SMILES string of the molecule is Cc1ccccc1C[C@H](C)NC[C@@H]1CC[C@@H](C(=O)N(C)C)O1. The molecular formula is C18H28N2O2. The summed E-state index contributed by atoms with van der Waals surface area (Å²) in [6.45, 7) is 5.16. The van der Waals surface area contributed by atoms with Gasteiger partial charge in [-0.05, 0) is 44.2 Å². The lowest BCUT2D eigenvalue weighted by atomic mass is 10.0. The third-order valence-corrected chi connectivity index (χ3v) is 4.31. The third kappa shape index (κ3) is 4.55. The Labute approximate surface area is 133 Å². The molecule has 4 nitrogen and oxygen atoms in total. The number of ether oxygens (including phenoxy) is 1. The highest BCUT2D eigenvalue weighted by Crippen LogP contribution is 2.20. The van der Waals surface area contributed by atoms with E-state index in [2.05, 4.69) is 43.4 Å². The standard InChI is InChI=1S/C18H28N2O2/c1-13-7-5-6-8-15(13)11-14(2)19-12-16-9-10-17(22-16)18(21)20(3)4/h5-8,14,16-17,19H,9-12H2,1-4H3/t14-,16-,17-/m0/s1. The summed E-state index contributed by atoms with van der Waals surface area (Å²) in [5.41, 5.74) is 2.72. The van der Waals surface area contributed by atoms with Crippen LogP contribution in [0.1, 0.15) is 30.9 Å². The van der Waals surface area contributed by atoms with Gasteiger partial charge in [0.05, 0.1) is 6.10 Å². The van der Waals surface area contributed by atoms with Gasteiger partial charge >= 0.3 is 0 Å². The highest BCUT2D eigenvalue weighted by atomic mass is 16.5. The van der Waals surface area contributed by atoms with Crippen molar-refractivity contribution >= 4 is 5.91 Å². The second-order valence-electron chi connectivity index (χ2n) is 6.50. The zero-order chi connectivity index (χ0) is 16.1. The summed E-state index contributed by atoms with van der Waals surface area (Å²) in [7, 11) is 3.56. The zero-order valence-corrected chi connectivity index (χ0v) is 14.1. The van der Waals surface area contributed by atoms with Gasteiger partial charge in [-0.15, -0.1) is 0 Å². The lowest BCUT2D eigenvalue weighted by Crippen LogP contribution is -2.37. The number of benzene rings is 1. The van der Waals surface area contributed by atoms with Crippen LogP contribution in [-0.4, -0.2) is 49.7 Å². The molecule has 0 saturated carbocycles. The number of carbonyl (C=O) groups is 1. The van der Waals surface area contributed by atoms with Crippen molar-refractivity contribution in [3.05, 3.63) is 35.4 Å². The van der Waals surface area contributed by atoms with E-state index in [1.807, 2.05) is 0 Å². The molecule has 22 heavy (non-hydrogen) atoms. The molecule has 122 valence electrons. The quantitative estimate of drug-likeness (QED) is 0.875. The van der Waals surface area contributed by atoms with Crippen molar-refractivity contribution in [3.63, 3.8) is 0 Å². The first-order chi connectivity index (χ1) is 10.5. The first-order valence-electron chi connectivity index (χ1n) is 8.12. The normalized spacial score (nSPS) is 22.5. The number of aryl methyl sites for hydroxylation is 1. The maximum Gasteiger partial charge on any atom is 0.251 e. The molecule has 1 heterocycles. The van der Waals surface area contributed by atoms with Crippen LogP contribution in [0.5, 0.6) is 0 Å². The van der Waals surface area contributed by atoms with Crippen LogP contribution in [0.3, 0.4) is 0 Å². The van der Waals surface area contributed by atoms with Gasteiger partial charge in [0.15, 0.2) is 0 Å². The fourth-order valence-corrected chi connectivity index (χ4v) is 2.90. The van der Waals surface area contributed by atoms with E-state index in [1.54, 1.807) is 19.0 Å². The highest BCUT2D eigenvalue weighted by Gasteiger charge is 2.31. The van der Waals surface area contributed by atoms with Crippen LogP contribution in [-0.2, 0) is 16.0 Å². The average Bonchev–Trinajstić information content (AvgIpc) is 2.95. The Kier molecular flexibility index (Phi) is 5.98. The second kappa shape index (κ2) is 7.75. The van der Waals surface area contributed by atoms with Gasteiger partial charge in [-0.1, -0.05) is 24.3 Å². The molecule has 2 rings (SSSR count). The van der Waals surface area contributed by atoms with Crippen LogP contribution < -0.4 is 5.32 Å². The maximum atomic E-state index is 11.9. The van der Waals surface area contributed by atoms with Crippen LogP contribution in [0.25, 0.3) is 0 Å². The molecule has 0 radical (unpaired) electrons. The van der Waals surface area contributed by atoms with Crippen LogP contribution in [0.15, 0.2) is 24.3 Å². The number of nitrogens with one attached hydrogen (secondary N) is 1. The van der Waals surface area contributed by atoms with E-state index in [1.165, 1.54) is 11.1 Å². The van der Waals surface area contributed by atoms with Crippen LogP contribution >= 0.6 is 0 Å². The molecule has 1 aromatic rings. The Bertz CT molecular complexity index is 502. The van der Waals surface area contributed by atoms with E-state index < -0.39 is 0 Å². The van der Waals surface area contributed by atoms with Crippen molar-refractivity contribution in [2.24, 2.45) is 0 Å². The van der Waals surface area contributed by atoms with Gasteiger partial charge in [0, 0.05) is 26.7 Å². The Morgan fingerprint density at radius 3 is 2.77 bits per heavy atom. The van der Waals surface area contributed by atoms with E-state index in [9.17, 15) is 4.79 Å². The minimum absolute atomic E-state index is 0.0791. The molecule has 0 unspecified atom stereocenters. The monoisotopic (exact) mass is 304 g/mol. The Balaban J connectivity index is 1.75. The Morgan fingerprint density at radius 2 is 2.09 bits per heavy atom. The number of amides is 1. The van der Waals surface area contributed by atoms with Crippen molar-refractivity contribution in [3.8, 4) is 0 Å². The molecule has 1 aromatic carbocycles. The number of likely N-dealkylation sites (N-methyl/N-ethyl adjacent to an activating group) is 1. The summed E-state index contributed by atoms with van der Waals surface area (Å²) in [4.78, 5) is 13.5. The van der Waals surface area contributed by atoms with Gasteiger partial charge in [0.1, 0.15) is 6.10 Å². The molecule has 1 aliphatic rings. The van der Waals surface area contributed by atoms with Gasteiger partial charge in [-0.3, -0.25) is 4.79 Å². The first-order valence-corrected chi connectivity index (χ1v) is 8.12. The van der Waals surface area contributed by atoms with E-state index in [4.69, 9.17) is 4.74 Å². The van der Waals surface area contributed by atoms with Crippen LogP contribution in [0.2, 0.25) is 0 Å². The molecule has 0 spiro atoms. The number of carbonyl (C=O) groups excluding carboxylic acids is 1. The molecular weight excluding hydrogens is 276 g/mol. The van der Waals surface area contributed by atoms with Crippen molar-refractivity contribution in [2.45, 2.75) is 51.4 Å². The number of hydrogen-bond donors (Lipinski definition) is 1. The fourth-order valence-electron chi connectivity index (χ4n) is 2.90. The first kappa shape index (κ1) is 17.0. The summed E-state index contributed by atoms with van der Waals surface area (Å²) < 4.78 is 5.86. The molecule has 1 saturated heterocycles. The molecule has 0 aromatic heterocycles. The second-order valence-corrected chi connectivity index (χ2v) is 6.50. The van der Waals surface area contributed by atoms with Crippen LogP contribution in [0, 0.1) is 6.92 Å². The van der Waals surface area contributed by atoms with Gasteiger partial charge in [0.2, 0.25) is 0 Å². The molecule has 1 N–H and O–H groups in total. The maximum absolute atomic E-state index is 11.9. The van der Waals surface area contributed by atoms with Crippen LogP contribution in [0.4, 0.5) is 0 Å². The predicted molar refractivity (Wildman–Crippen MR) is 88.9 cm³/mol. The van der Waals surface area contributed by atoms with Crippen molar-refractivity contribution in [2.75, 3.05) is 20.6 Å². The smallest absolute Gasteiger partial charge is 0.251 e. The lowest BCUT2D eigenvalue weighted by molar-refractivity contribution is -0.140. The third-order valence-electron chi connectivity index (χ3n) is 4.31. The van der Waals surface area contributed by atoms with Crippen molar-refractivity contribution in [1.82, 2.24) is 10.2 Å². The summed E-state index contributed by atoms with van der Waals surface area (Å²) in [5, 5.41) is 3.54. The topological polar surface area (TPSA) is 41.6 Å². The molecule has 1 aliphatic heterocycles. The fraction of sp³-hybridized carbons (Fsp3) is 0.611. The van der Waals surface area contributed by atoms with E-state index in [0.717, 1.165) is 25.8 Å². The molecule has 0 bridgehead atoms. The largest absolute Gasteiger partial charge is 0.364 e. The molecule has 1 fully saturated rings. The van der Waals surface area contributed by atoms with Gasteiger partial charge in [0.25, 0.3) is 5.91 Å². The molecule has 1 amide bonds. The molecule has 3 atom stereocenters. The van der Waals surface area contributed by atoms with Gasteiger partial charge in [-0.2, -0.15) is 0 Å². The van der Waals surface area contributed by atoms with E-state index >= 15 is 0 Å². The number of rotatable bonds is 6. The summed E-state index contributed by atoms with van der Waals surface area (Å²) in [5.74, 6) is 0.0791.